The summed E-state index contributed by atoms with van der Waals surface area (Å²) in [5.74, 6) is 0. The third-order valence-corrected chi connectivity index (χ3v) is 5.55. The molecule has 1 aliphatic rings. The average molecular weight is 393 g/mol. The van der Waals surface area contributed by atoms with E-state index in [1.54, 1.807) is 0 Å². The lowest BCUT2D eigenvalue weighted by Crippen LogP contribution is -2.44. The summed E-state index contributed by atoms with van der Waals surface area (Å²) in [5.41, 5.74) is 0.971. The summed E-state index contributed by atoms with van der Waals surface area (Å²) in [6, 6.07) is 9.97. The number of morpholine rings is 1. The molecule has 0 aliphatic carbocycles. The monoisotopic (exact) mass is 392 g/mol. The van der Waals surface area contributed by atoms with Gasteiger partial charge in [-0.2, -0.15) is 0 Å². The van der Waals surface area contributed by atoms with Crippen LogP contribution in [0, 0.1) is 0 Å². The van der Waals surface area contributed by atoms with Crippen LogP contribution in [0.25, 0.3) is 0 Å². The summed E-state index contributed by atoms with van der Waals surface area (Å²) >= 11 is 0. The quantitative estimate of drug-likeness (QED) is 0.374. The fourth-order valence-electron chi connectivity index (χ4n) is 3.78. The molecule has 5 nitrogen and oxygen atoms in total. The Hall–Kier alpha value is -1.14. The molecule has 2 rings (SSSR count). The Balaban J connectivity index is 1.81. The number of para-hydroxylation sites is 1. The molecule has 1 heterocycles. The molecule has 2 N–H and O–H groups in total. The van der Waals surface area contributed by atoms with Crippen LogP contribution in [0.4, 0.5) is 5.69 Å². The lowest BCUT2D eigenvalue weighted by atomic mass is 10.1. The van der Waals surface area contributed by atoms with E-state index in [1.807, 2.05) is 35.2 Å². The molecule has 0 saturated carbocycles. The fourth-order valence-corrected chi connectivity index (χ4v) is 3.78. The number of aliphatic hydroxyl groups excluding tert-OH is 2. The van der Waals surface area contributed by atoms with Crippen molar-refractivity contribution in [2.45, 2.75) is 70.6 Å². The molecular weight excluding hydrogens is 352 g/mol. The predicted molar refractivity (Wildman–Crippen MR) is 116 cm³/mol. The van der Waals surface area contributed by atoms with Gasteiger partial charge in [0.05, 0.1) is 19.3 Å². The smallest absolute Gasteiger partial charge is 0.128 e. The van der Waals surface area contributed by atoms with Gasteiger partial charge in [-0.1, -0.05) is 63.6 Å². The van der Waals surface area contributed by atoms with Gasteiger partial charge in [0.2, 0.25) is 0 Å². The van der Waals surface area contributed by atoms with E-state index in [2.05, 4.69) is 11.8 Å². The number of rotatable bonds is 14. The number of hydrogen-bond acceptors (Lipinski definition) is 5. The van der Waals surface area contributed by atoms with E-state index in [4.69, 9.17) is 4.74 Å². The van der Waals surface area contributed by atoms with Gasteiger partial charge in [0, 0.05) is 38.3 Å². The van der Waals surface area contributed by atoms with Crippen LogP contribution in [-0.4, -0.2) is 66.8 Å². The lowest BCUT2D eigenvalue weighted by molar-refractivity contribution is 0.0290. The first-order valence-electron chi connectivity index (χ1n) is 11.2. The minimum absolute atomic E-state index is 0.413. The van der Waals surface area contributed by atoms with Crippen molar-refractivity contribution >= 4 is 5.69 Å². The SMILES string of the molecule is CCCCCCCCC(O)CN(c1ccccc1)C(O)CCN1CCOCC1. The predicted octanol–water partition coefficient (Wildman–Crippen LogP) is 3.65. The number of aliphatic hydroxyl groups is 2. The van der Waals surface area contributed by atoms with Gasteiger partial charge in [-0.05, 0) is 18.6 Å². The second kappa shape index (κ2) is 13.9. The number of unbranched alkanes of at least 4 members (excludes halogenated alkanes) is 5. The average Bonchev–Trinajstić information content (AvgIpc) is 2.74. The van der Waals surface area contributed by atoms with Gasteiger partial charge in [-0.3, -0.25) is 4.90 Å². The Morgan fingerprint density at radius 1 is 0.964 bits per heavy atom. The second-order valence-electron chi connectivity index (χ2n) is 7.92. The molecule has 5 heteroatoms. The third-order valence-electron chi connectivity index (χ3n) is 5.55. The van der Waals surface area contributed by atoms with Crippen LogP contribution < -0.4 is 4.90 Å². The third kappa shape index (κ3) is 8.91. The van der Waals surface area contributed by atoms with Crippen molar-refractivity contribution < 1.29 is 14.9 Å². The topological polar surface area (TPSA) is 56.2 Å². The zero-order chi connectivity index (χ0) is 20.0. The Labute approximate surface area is 171 Å². The molecule has 160 valence electrons. The molecule has 2 atom stereocenters. The maximum atomic E-state index is 10.9. The molecule has 0 radical (unpaired) electrons. The summed E-state index contributed by atoms with van der Waals surface area (Å²) in [5, 5.41) is 21.4. The molecule has 0 bridgehead atoms. The van der Waals surface area contributed by atoms with Crippen LogP contribution >= 0.6 is 0 Å². The zero-order valence-electron chi connectivity index (χ0n) is 17.6. The molecule has 1 aliphatic heterocycles. The molecule has 0 amide bonds. The van der Waals surface area contributed by atoms with Crippen LogP contribution in [0.5, 0.6) is 0 Å². The van der Waals surface area contributed by atoms with E-state index in [1.165, 1.54) is 32.1 Å². The minimum atomic E-state index is -0.593. The van der Waals surface area contributed by atoms with Crippen LogP contribution in [0.2, 0.25) is 0 Å². The Kier molecular flexibility index (Phi) is 11.5. The van der Waals surface area contributed by atoms with Gasteiger partial charge in [-0.25, -0.2) is 0 Å². The van der Waals surface area contributed by atoms with Crippen LogP contribution in [0.3, 0.4) is 0 Å². The van der Waals surface area contributed by atoms with Gasteiger partial charge in [0.1, 0.15) is 6.23 Å². The number of hydrogen-bond donors (Lipinski definition) is 2. The number of anilines is 1. The zero-order valence-corrected chi connectivity index (χ0v) is 17.6. The van der Waals surface area contributed by atoms with Crippen molar-refractivity contribution in [1.82, 2.24) is 4.90 Å². The standard InChI is InChI=1S/C23H40N2O3/c1-2-3-4-5-6-10-13-22(26)20-25(21-11-8-7-9-12-21)23(27)14-15-24-16-18-28-19-17-24/h7-9,11-12,22-23,26-27H,2-6,10,13-20H2,1H3. The number of nitrogens with zero attached hydrogens (tertiary/aromatic N) is 2. The molecule has 2 unspecified atom stereocenters. The van der Waals surface area contributed by atoms with E-state index in [0.717, 1.165) is 51.4 Å². The molecule has 1 fully saturated rings. The maximum absolute atomic E-state index is 10.9. The van der Waals surface area contributed by atoms with Crippen LogP contribution in [0.15, 0.2) is 30.3 Å². The summed E-state index contributed by atoms with van der Waals surface area (Å²) in [4.78, 5) is 4.30. The van der Waals surface area contributed by atoms with Gasteiger partial charge in [-0.15, -0.1) is 0 Å². The van der Waals surface area contributed by atoms with Gasteiger partial charge in [0.15, 0.2) is 0 Å². The molecule has 28 heavy (non-hydrogen) atoms. The molecular formula is C23H40N2O3. The van der Waals surface area contributed by atoms with E-state index in [-0.39, 0.29) is 0 Å². The van der Waals surface area contributed by atoms with E-state index in [0.29, 0.717) is 13.0 Å². The van der Waals surface area contributed by atoms with Crippen LogP contribution in [0.1, 0.15) is 58.3 Å². The minimum Gasteiger partial charge on any atom is -0.391 e. The van der Waals surface area contributed by atoms with Gasteiger partial charge >= 0.3 is 0 Å². The Bertz CT molecular complexity index is 494. The molecule has 0 spiro atoms. The van der Waals surface area contributed by atoms with Crippen molar-refractivity contribution in [3.8, 4) is 0 Å². The molecule has 1 saturated heterocycles. The van der Waals surface area contributed by atoms with Gasteiger partial charge < -0.3 is 19.8 Å². The highest BCUT2D eigenvalue weighted by atomic mass is 16.5. The van der Waals surface area contributed by atoms with E-state index < -0.39 is 12.3 Å². The van der Waals surface area contributed by atoms with Crippen molar-refractivity contribution in [2.24, 2.45) is 0 Å². The lowest BCUT2D eigenvalue weighted by Gasteiger charge is -2.34. The number of benzene rings is 1. The number of ether oxygens (including phenoxy) is 1. The van der Waals surface area contributed by atoms with Gasteiger partial charge in [0.25, 0.3) is 0 Å². The van der Waals surface area contributed by atoms with Crippen molar-refractivity contribution in [3.05, 3.63) is 30.3 Å². The molecule has 1 aromatic carbocycles. The first-order chi connectivity index (χ1) is 13.7. The van der Waals surface area contributed by atoms with Crippen LogP contribution in [-0.2, 0) is 4.74 Å². The first-order valence-corrected chi connectivity index (χ1v) is 11.2. The fraction of sp³-hybridized carbons (Fsp3) is 0.739. The highest BCUT2D eigenvalue weighted by Gasteiger charge is 2.21. The Morgan fingerprint density at radius 2 is 1.64 bits per heavy atom. The van der Waals surface area contributed by atoms with E-state index >= 15 is 0 Å². The second-order valence-corrected chi connectivity index (χ2v) is 7.92. The summed E-state index contributed by atoms with van der Waals surface area (Å²) in [6.45, 7) is 6.96. The van der Waals surface area contributed by atoms with Crippen molar-refractivity contribution in [3.63, 3.8) is 0 Å². The highest BCUT2D eigenvalue weighted by Crippen LogP contribution is 2.19. The summed E-state index contributed by atoms with van der Waals surface area (Å²) in [7, 11) is 0. The first kappa shape index (κ1) is 23.1. The maximum Gasteiger partial charge on any atom is 0.128 e. The molecule has 0 aromatic heterocycles. The highest BCUT2D eigenvalue weighted by molar-refractivity contribution is 5.46. The van der Waals surface area contributed by atoms with Crippen molar-refractivity contribution in [2.75, 3.05) is 44.3 Å². The Morgan fingerprint density at radius 3 is 2.36 bits per heavy atom. The summed E-state index contributed by atoms with van der Waals surface area (Å²) < 4.78 is 5.40. The molecule has 1 aromatic rings. The largest absolute Gasteiger partial charge is 0.391 e. The summed E-state index contributed by atoms with van der Waals surface area (Å²) in [6.07, 6.45) is 7.81. The normalized spacial score (nSPS) is 17.4. The van der Waals surface area contributed by atoms with E-state index in [9.17, 15) is 10.2 Å². The van der Waals surface area contributed by atoms with Crippen molar-refractivity contribution in [1.29, 1.82) is 0 Å².